The van der Waals surface area contributed by atoms with Gasteiger partial charge in [-0.15, -0.1) is 0 Å². The van der Waals surface area contributed by atoms with Gasteiger partial charge in [-0.1, -0.05) is 70.2 Å². The van der Waals surface area contributed by atoms with E-state index in [-0.39, 0.29) is 11.3 Å². The van der Waals surface area contributed by atoms with E-state index >= 15 is 0 Å². The molecular formula is C21H24O. The van der Waals surface area contributed by atoms with Crippen LogP contribution in [0.15, 0.2) is 42.5 Å². The molecule has 114 valence electrons. The molecule has 0 N–H and O–H groups in total. The van der Waals surface area contributed by atoms with Gasteiger partial charge < -0.3 is 0 Å². The fourth-order valence-corrected chi connectivity index (χ4v) is 3.34. The second kappa shape index (κ2) is 5.39. The molecule has 1 aliphatic rings. The van der Waals surface area contributed by atoms with Crippen LogP contribution in [0.5, 0.6) is 0 Å². The highest BCUT2D eigenvalue weighted by Crippen LogP contribution is 2.36. The van der Waals surface area contributed by atoms with Crippen LogP contribution in [0, 0.1) is 5.92 Å². The maximum atomic E-state index is 12.6. The van der Waals surface area contributed by atoms with E-state index in [1.807, 2.05) is 0 Å². The number of hydrogen-bond donors (Lipinski definition) is 0. The summed E-state index contributed by atoms with van der Waals surface area (Å²) < 4.78 is 0. The van der Waals surface area contributed by atoms with Gasteiger partial charge in [0.15, 0.2) is 5.78 Å². The van der Waals surface area contributed by atoms with E-state index in [1.54, 1.807) is 0 Å². The van der Waals surface area contributed by atoms with Crippen LogP contribution >= 0.6 is 0 Å². The van der Waals surface area contributed by atoms with Gasteiger partial charge in [-0.25, -0.2) is 0 Å². The van der Waals surface area contributed by atoms with Crippen LogP contribution < -0.4 is 0 Å². The summed E-state index contributed by atoms with van der Waals surface area (Å²) in [4.78, 5) is 12.6. The molecule has 1 unspecified atom stereocenters. The van der Waals surface area contributed by atoms with Crippen molar-refractivity contribution in [2.75, 3.05) is 0 Å². The predicted octanol–water partition coefficient (Wildman–Crippen LogP) is 5.42. The maximum Gasteiger partial charge on any atom is 0.167 e. The van der Waals surface area contributed by atoms with Gasteiger partial charge in [-0.3, -0.25) is 4.79 Å². The number of carbonyl (C=O) groups is 1. The van der Waals surface area contributed by atoms with Crippen molar-refractivity contribution in [2.24, 2.45) is 5.92 Å². The normalized spacial score (nSPS) is 17.6. The fourth-order valence-electron chi connectivity index (χ4n) is 3.34. The van der Waals surface area contributed by atoms with Gasteiger partial charge in [0.1, 0.15) is 0 Å². The lowest BCUT2D eigenvalue weighted by atomic mass is 9.85. The van der Waals surface area contributed by atoms with Crippen molar-refractivity contribution in [3.8, 4) is 11.1 Å². The highest BCUT2D eigenvalue weighted by Gasteiger charge is 2.31. The average Bonchev–Trinajstić information content (AvgIpc) is 2.83. The molecule has 0 bridgehead atoms. The Kier molecular flexibility index (Phi) is 3.68. The van der Waals surface area contributed by atoms with E-state index in [9.17, 15) is 4.79 Å². The van der Waals surface area contributed by atoms with Crippen molar-refractivity contribution < 1.29 is 4.79 Å². The molecule has 1 atom stereocenters. The topological polar surface area (TPSA) is 17.1 Å². The first-order chi connectivity index (χ1) is 10.4. The van der Waals surface area contributed by atoms with E-state index < -0.39 is 0 Å². The van der Waals surface area contributed by atoms with Crippen LogP contribution in [0.1, 0.15) is 55.6 Å². The second-order valence-electron chi connectivity index (χ2n) is 7.34. The van der Waals surface area contributed by atoms with E-state index in [4.69, 9.17) is 0 Å². The maximum absolute atomic E-state index is 12.6. The first kappa shape index (κ1) is 15.0. The number of carbonyl (C=O) groups excluding carboxylic acids is 1. The lowest BCUT2D eigenvalue weighted by Crippen LogP contribution is -2.10. The zero-order valence-corrected chi connectivity index (χ0v) is 13.9. The van der Waals surface area contributed by atoms with Crippen LogP contribution in [0.25, 0.3) is 11.1 Å². The molecule has 3 rings (SSSR count). The molecule has 0 radical (unpaired) electrons. The molecule has 2 aromatic rings. The minimum atomic E-state index is 0.153. The second-order valence-corrected chi connectivity index (χ2v) is 7.34. The van der Waals surface area contributed by atoms with Crippen LogP contribution in [0.2, 0.25) is 0 Å². The Morgan fingerprint density at radius 3 is 2.32 bits per heavy atom. The monoisotopic (exact) mass is 292 g/mol. The van der Waals surface area contributed by atoms with E-state index in [2.05, 4.69) is 70.2 Å². The molecule has 0 saturated heterocycles. The summed E-state index contributed by atoms with van der Waals surface area (Å²) in [6, 6.07) is 15.0. The highest BCUT2D eigenvalue weighted by atomic mass is 16.1. The van der Waals surface area contributed by atoms with Gasteiger partial charge >= 0.3 is 0 Å². The van der Waals surface area contributed by atoms with Crippen LogP contribution in [-0.4, -0.2) is 5.78 Å². The van der Waals surface area contributed by atoms with Crippen molar-refractivity contribution in [1.29, 1.82) is 0 Å². The molecule has 0 saturated carbocycles. The zero-order chi connectivity index (χ0) is 15.9. The quantitative estimate of drug-likeness (QED) is 0.722. The summed E-state index contributed by atoms with van der Waals surface area (Å²) in [6.07, 6.45) is 1.83. The van der Waals surface area contributed by atoms with Crippen LogP contribution in [0.3, 0.4) is 0 Å². The van der Waals surface area contributed by atoms with Gasteiger partial charge in [-0.2, -0.15) is 0 Å². The summed E-state index contributed by atoms with van der Waals surface area (Å²) in [5, 5.41) is 0. The summed E-state index contributed by atoms with van der Waals surface area (Å²) >= 11 is 0. The van der Waals surface area contributed by atoms with E-state index in [0.717, 1.165) is 29.5 Å². The molecule has 0 fully saturated rings. The van der Waals surface area contributed by atoms with Crippen molar-refractivity contribution >= 4 is 5.78 Å². The molecular weight excluding hydrogens is 268 g/mol. The predicted molar refractivity (Wildman–Crippen MR) is 92.4 cm³/mol. The summed E-state index contributed by atoms with van der Waals surface area (Å²) in [5.41, 5.74) is 5.89. The molecule has 1 aliphatic carbocycles. The van der Waals surface area contributed by atoms with Crippen molar-refractivity contribution in [3.05, 3.63) is 59.2 Å². The summed E-state index contributed by atoms with van der Waals surface area (Å²) in [7, 11) is 0. The molecule has 0 aliphatic heterocycles. The zero-order valence-electron chi connectivity index (χ0n) is 13.9. The number of rotatable bonds is 2. The number of ketones is 1. The molecule has 1 nitrogen and oxygen atoms in total. The molecule has 1 heteroatoms. The molecule has 0 heterocycles. The van der Waals surface area contributed by atoms with Crippen molar-refractivity contribution in [3.63, 3.8) is 0 Å². The van der Waals surface area contributed by atoms with Crippen LogP contribution in [-0.2, 0) is 11.8 Å². The minimum absolute atomic E-state index is 0.153. The van der Waals surface area contributed by atoms with Gasteiger partial charge in [-0.05, 0) is 40.5 Å². The van der Waals surface area contributed by atoms with Gasteiger partial charge in [0.05, 0.1) is 0 Å². The smallest absolute Gasteiger partial charge is 0.167 e. The Balaban J connectivity index is 2.05. The summed E-state index contributed by atoms with van der Waals surface area (Å²) in [5.74, 6) is 0.498. The number of Topliss-reactive ketones (excluding diaryl/α,β-unsaturated/α-hetero) is 1. The largest absolute Gasteiger partial charge is 0.294 e. The lowest BCUT2D eigenvalue weighted by molar-refractivity contribution is 0.0934. The molecule has 22 heavy (non-hydrogen) atoms. The number of fused-ring (bicyclic) bond motifs is 1. The molecule has 0 spiro atoms. The summed E-state index contributed by atoms with van der Waals surface area (Å²) in [6.45, 7) is 8.76. The number of benzene rings is 2. The highest BCUT2D eigenvalue weighted by molar-refractivity contribution is 6.07. The number of hydrogen-bond acceptors (Lipinski definition) is 1. The van der Waals surface area contributed by atoms with E-state index in [1.165, 1.54) is 11.1 Å². The molecule has 0 amide bonds. The minimum Gasteiger partial charge on any atom is -0.294 e. The van der Waals surface area contributed by atoms with E-state index in [0.29, 0.717) is 5.78 Å². The SMILES string of the molecule is CCC1Cc2cccc(-c3ccc(C(C)(C)C)cc3)c2C1=O. The van der Waals surface area contributed by atoms with Gasteiger partial charge in [0, 0.05) is 11.5 Å². The third-order valence-corrected chi connectivity index (χ3v) is 4.79. The standard InChI is InChI=1S/C21H24O/c1-5-14-13-16-7-6-8-18(19(16)20(14)22)15-9-11-17(12-10-15)21(2,3)4/h6-12,14H,5,13H2,1-4H3. The lowest BCUT2D eigenvalue weighted by Gasteiger charge is -2.19. The van der Waals surface area contributed by atoms with Crippen molar-refractivity contribution in [1.82, 2.24) is 0 Å². The van der Waals surface area contributed by atoms with Gasteiger partial charge in [0.25, 0.3) is 0 Å². The Hall–Kier alpha value is -1.89. The Labute approximate surface area is 133 Å². The molecule has 0 aromatic heterocycles. The third kappa shape index (κ3) is 2.49. The first-order valence-electron chi connectivity index (χ1n) is 8.19. The average molecular weight is 292 g/mol. The Bertz CT molecular complexity index is 702. The van der Waals surface area contributed by atoms with Gasteiger partial charge in [0.2, 0.25) is 0 Å². The third-order valence-electron chi connectivity index (χ3n) is 4.79. The Morgan fingerprint density at radius 2 is 1.73 bits per heavy atom. The Morgan fingerprint density at radius 1 is 1.05 bits per heavy atom. The molecule has 2 aromatic carbocycles. The fraction of sp³-hybridized carbons (Fsp3) is 0.381. The first-order valence-corrected chi connectivity index (χ1v) is 8.19. The van der Waals surface area contributed by atoms with Crippen LogP contribution in [0.4, 0.5) is 0 Å². The van der Waals surface area contributed by atoms with Crippen molar-refractivity contribution in [2.45, 2.75) is 46.0 Å².